The molecule has 28 heavy (non-hydrogen) atoms. The second-order valence-corrected chi connectivity index (χ2v) is 6.73. The van der Waals surface area contributed by atoms with Crippen molar-refractivity contribution in [1.29, 1.82) is 0 Å². The maximum atomic E-state index is 13.4. The topological polar surface area (TPSA) is 35.9 Å². The van der Waals surface area contributed by atoms with Crippen LogP contribution in [0.3, 0.4) is 0 Å². The lowest BCUT2D eigenvalue weighted by atomic mass is 10.0. The summed E-state index contributed by atoms with van der Waals surface area (Å²) in [6.45, 7) is 3.39. The molecule has 0 bridgehead atoms. The number of hydrogen-bond donors (Lipinski definition) is 0. The molecule has 7 heteroatoms. The summed E-state index contributed by atoms with van der Waals surface area (Å²) >= 11 is 0. The Kier molecular flexibility index (Phi) is 5.72. The molecule has 0 aliphatic carbocycles. The van der Waals surface area contributed by atoms with Crippen LogP contribution in [0.4, 0.5) is 24.5 Å². The Morgan fingerprint density at radius 3 is 2.36 bits per heavy atom. The molecule has 4 nitrogen and oxygen atoms in total. The second-order valence-electron chi connectivity index (χ2n) is 6.73. The lowest BCUT2D eigenvalue weighted by Crippen LogP contribution is -2.31. The lowest BCUT2D eigenvalue weighted by molar-refractivity contribution is -0.137. The third-order valence-electron chi connectivity index (χ3n) is 4.92. The minimum Gasteiger partial charge on any atom is -0.356 e. The number of carbonyl (C=O) groups is 1. The van der Waals surface area contributed by atoms with Crippen molar-refractivity contribution in [3.8, 4) is 0 Å². The molecule has 0 saturated carbocycles. The van der Waals surface area contributed by atoms with E-state index in [1.807, 2.05) is 24.0 Å². The van der Waals surface area contributed by atoms with Crippen LogP contribution in [0.2, 0.25) is 0 Å². The zero-order valence-electron chi connectivity index (χ0n) is 15.8. The summed E-state index contributed by atoms with van der Waals surface area (Å²) in [6, 6.07) is 10.6. The van der Waals surface area contributed by atoms with E-state index < -0.39 is 11.7 Å². The van der Waals surface area contributed by atoms with Crippen LogP contribution in [-0.2, 0) is 11.0 Å². The van der Waals surface area contributed by atoms with Crippen LogP contribution < -0.4 is 4.90 Å². The van der Waals surface area contributed by atoms with Crippen LogP contribution in [0.1, 0.15) is 29.5 Å². The molecule has 3 rings (SSSR count). The Balaban J connectivity index is 2.20. The fourth-order valence-electron chi connectivity index (χ4n) is 3.53. The van der Waals surface area contributed by atoms with Gasteiger partial charge >= 0.3 is 6.18 Å². The van der Waals surface area contributed by atoms with Gasteiger partial charge in [-0.3, -0.25) is 14.7 Å². The van der Waals surface area contributed by atoms with Crippen molar-refractivity contribution in [3.63, 3.8) is 0 Å². The van der Waals surface area contributed by atoms with Gasteiger partial charge in [0.15, 0.2) is 0 Å². The molecule has 0 unspecified atom stereocenters. The average molecular weight is 389 g/mol. The number of nitrogens with zero attached hydrogens (tertiary/aromatic N) is 3. The van der Waals surface area contributed by atoms with Gasteiger partial charge in [-0.15, -0.1) is 0 Å². The Morgan fingerprint density at radius 1 is 1.11 bits per heavy atom. The first kappa shape index (κ1) is 19.9. The third-order valence-corrected chi connectivity index (χ3v) is 4.92. The van der Waals surface area contributed by atoms with Crippen molar-refractivity contribution in [2.75, 3.05) is 25.0 Å². The normalized spacial score (nSPS) is 15.0. The summed E-state index contributed by atoms with van der Waals surface area (Å²) in [4.78, 5) is 19.7. The average Bonchev–Trinajstić information content (AvgIpc) is 3.19. The first-order chi connectivity index (χ1) is 13.4. The summed E-state index contributed by atoms with van der Waals surface area (Å²) in [5.74, 6) is 0.599. The van der Waals surface area contributed by atoms with Gasteiger partial charge in [0.2, 0.25) is 6.41 Å². The second kappa shape index (κ2) is 8.04. The molecule has 0 radical (unpaired) electrons. The van der Waals surface area contributed by atoms with Crippen molar-refractivity contribution in [2.24, 2.45) is 4.99 Å². The van der Waals surface area contributed by atoms with Gasteiger partial charge in [0.25, 0.3) is 0 Å². The summed E-state index contributed by atoms with van der Waals surface area (Å²) in [7, 11) is 1.62. The summed E-state index contributed by atoms with van der Waals surface area (Å²) in [6.07, 6.45) is -1.95. The number of para-hydroxylation sites is 1. The zero-order chi connectivity index (χ0) is 20.3. The number of carbonyl (C=O) groups excluding carboxylic acids is 1. The predicted octanol–water partition coefficient (Wildman–Crippen LogP) is 4.78. The van der Waals surface area contributed by atoms with Crippen molar-refractivity contribution in [3.05, 3.63) is 59.2 Å². The maximum Gasteiger partial charge on any atom is 0.416 e. The number of aryl methyl sites for hydroxylation is 1. The fraction of sp³-hybridized carbons (Fsp3) is 0.333. The number of likely N-dealkylation sites (tertiary alicyclic amines) is 1. The van der Waals surface area contributed by atoms with E-state index in [0.717, 1.165) is 43.6 Å². The smallest absolute Gasteiger partial charge is 0.356 e. The lowest BCUT2D eigenvalue weighted by Gasteiger charge is -2.27. The highest BCUT2D eigenvalue weighted by atomic mass is 19.4. The highest BCUT2D eigenvalue weighted by molar-refractivity contribution is 6.07. The van der Waals surface area contributed by atoms with Gasteiger partial charge in [-0.05, 0) is 49.6 Å². The molecule has 0 aromatic heterocycles. The van der Waals surface area contributed by atoms with Crippen LogP contribution in [0, 0.1) is 6.92 Å². The van der Waals surface area contributed by atoms with Gasteiger partial charge in [-0.1, -0.05) is 18.2 Å². The minimum atomic E-state index is -4.51. The van der Waals surface area contributed by atoms with Crippen LogP contribution >= 0.6 is 0 Å². The van der Waals surface area contributed by atoms with Crippen LogP contribution in [0.15, 0.2) is 47.5 Å². The standard InChI is InChI=1S/C21H22F3N3O/c1-15-7-3-4-8-18(15)27(14-28)19-13-16(21(22,23)24)9-10-17(19)20(25-2)26-11-5-6-12-26/h3-4,7-10,13-14H,5-6,11-12H2,1-2H3. The Hall–Kier alpha value is -2.83. The predicted molar refractivity (Wildman–Crippen MR) is 104 cm³/mol. The van der Waals surface area contributed by atoms with Crippen molar-refractivity contribution < 1.29 is 18.0 Å². The molecule has 1 aliphatic heterocycles. The van der Waals surface area contributed by atoms with E-state index >= 15 is 0 Å². The molecule has 1 fully saturated rings. The van der Waals surface area contributed by atoms with Crippen molar-refractivity contribution in [2.45, 2.75) is 25.9 Å². The van der Waals surface area contributed by atoms with E-state index in [9.17, 15) is 18.0 Å². The number of amides is 1. The SMILES string of the molecule is CN=C(c1ccc(C(F)(F)F)cc1N(C=O)c1ccccc1C)N1CCCC1. The molecule has 1 heterocycles. The summed E-state index contributed by atoms with van der Waals surface area (Å²) in [5.41, 5.74) is 1.20. The summed E-state index contributed by atoms with van der Waals surface area (Å²) < 4.78 is 40.2. The molecule has 1 saturated heterocycles. The van der Waals surface area contributed by atoms with Crippen LogP contribution in [0.5, 0.6) is 0 Å². The van der Waals surface area contributed by atoms with Gasteiger partial charge < -0.3 is 4.90 Å². The quantitative estimate of drug-likeness (QED) is 0.429. The highest BCUT2D eigenvalue weighted by Gasteiger charge is 2.33. The van der Waals surface area contributed by atoms with Crippen LogP contribution in [-0.4, -0.2) is 37.3 Å². The van der Waals surface area contributed by atoms with Crippen LogP contribution in [0.25, 0.3) is 0 Å². The minimum absolute atomic E-state index is 0.173. The van der Waals surface area contributed by atoms with Gasteiger partial charge in [0.05, 0.1) is 16.9 Å². The third kappa shape index (κ3) is 3.88. The van der Waals surface area contributed by atoms with Gasteiger partial charge in [-0.25, -0.2) is 0 Å². The van der Waals surface area contributed by atoms with Crippen molar-refractivity contribution in [1.82, 2.24) is 4.90 Å². The number of halogens is 3. The molecule has 1 amide bonds. The van der Waals surface area contributed by atoms with E-state index in [0.29, 0.717) is 23.5 Å². The molecular weight excluding hydrogens is 367 g/mol. The molecule has 1 aliphatic rings. The number of benzene rings is 2. The van der Waals surface area contributed by atoms with E-state index in [-0.39, 0.29) is 5.69 Å². The van der Waals surface area contributed by atoms with E-state index in [2.05, 4.69) is 4.99 Å². The zero-order valence-corrected chi connectivity index (χ0v) is 15.8. The number of hydrogen-bond acceptors (Lipinski definition) is 2. The largest absolute Gasteiger partial charge is 0.416 e. The number of aliphatic imine (C=N–C) groups is 1. The summed E-state index contributed by atoms with van der Waals surface area (Å²) in [5, 5.41) is 0. The number of rotatable bonds is 4. The van der Waals surface area contributed by atoms with Gasteiger partial charge in [-0.2, -0.15) is 13.2 Å². The molecule has 2 aromatic rings. The number of alkyl halides is 3. The Bertz CT molecular complexity index is 887. The van der Waals surface area contributed by atoms with E-state index in [1.54, 1.807) is 19.2 Å². The molecule has 2 aromatic carbocycles. The van der Waals surface area contributed by atoms with Gasteiger partial charge in [0, 0.05) is 25.7 Å². The molecule has 0 N–H and O–H groups in total. The van der Waals surface area contributed by atoms with Crippen molar-refractivity contribution >= 4 is 23.6 Å². The highest BCUT2D eigenvalue weighted by Crippen LogP contribution is 2.37. The fourth-order valence-corrected chi connectivity index (χ4v) is 3.53. The van der Waals surface area contributed by atoms with Gasteiger partial charge in [0.1, 0.15) is 5.84 Å². The molecule has 0 spiro atoms. The van der Waals surface area contributed by atoms with E-state index in [1.165, 1.54) is 11.0 Å². The molecular formula is C21H22F3N3O. The molecule has 148 valence electrons. The number of amidine groups is 1. The first-order valence-corrected chi connectivity index (χ1v) is 9.10. The monoisotopic (exact) mass is 389 g/mol. The maximum absolute atomic E-state index is 13.4. The van der Waals surface area contributed by atoms with E-state index in [4.69, 9.17) is 0 Å². The first-order valence-electron chi connectivity index (χ1n) is 9.10. The Labute approximate surface area is 162 Å². The molecule has 0 atom stereocenters. The number of anilines is 2. The Morgan fingerprint density at radius 2 is 1.79 bits per heavy atom.